The first-order valence-electron chi connectivity index (χ1n) is 10.2. The lowest BCUT2D eigenvalue weighted by Gasteiger charge is -2.22. The van der Waals surface area contributed by atoms with Crippen molar-refractivity contribution in [1.82, 2.24) is 15.1 Å². The summed E-state index contributed by atoms with van der Waals surface area (Å²) >= 11 is 0. The molecule has 31 heavy (non-hydrogen) atoms. The monoisotopic (exact) mass is 435 g/mol. The van der Waals surface area contributed by atoms with Crippen LogP contribution in [0.1, 0.15) is 24.5 Å². The molecule has 0 bridgehead atoms. The highest BCUT2D eigenvalue weighted by molar-refractivity contribution is 7.91. The Morgan fingerprint density at radius 3 is 2.45 bits per heavy atom. The van der Waals surface area contributed by atoms with E-state index in [1.54, 1.807) is 13.0 Å². The first-order chi connectivity index (χ1) is 14.8. The van der Waals surface area contributed by atoms with Crippen LogP contribution in [0.4, 0.5) is 0 Å². The third-order valence-corrected chi connectivity index (χ3v) is 7.27. The Kier molecular flexibility index (Phi) is 5.78. The van der Waals surface area contributed by atoms with Crippen LogP contribution in [-0.2, 0) is 21.2 Å². The molecule has 2 heterocycles. The molecule has 1 saturated heterocycles. The lowest BCUT2D eigenvalue weighted by atomic mass is 10.0. The van der Waals surface area contributed by atoms with Crippen molar-refractivity contribution in [3.05, 3.63) is 84.1 Å². The van der Waals surface area contributed by atoms with Crippen molar-refractivity contribution in [2.24, 2.45) is 0 Å². The van der Waals surface area contributed by atoms with Gasteiger partial charge in [-0.05, 0) is 25.0 Å². The molecule has 160 valence electrons. The molecule has 1 aromatic heterocycles. The van der Waals surface area contributed by atoms with Crippen LogP contribution in [0.2, 0.25) is 0 Å². The molecule has 1 aliphatic rings. The van der Waals surface area contributed by atoms with Crippen LogP contribution in [0, 0.1) is 0 Å². The number of hydrogen-bond donors (Lipinski definition) is 1. The van der Waals surface area contributed by atoms with Gasteiger partial charge in [-0.15, -0.1) is 0 Å². The first kappa shape index (κ1) is 21.1. The van der Waals surface area contributed by atoms with Gasteiger partial charge in [0.05, 0.1) is 29.3 Å². The van der Waals surface area contributed by atoms with E-state index in [1.165, 1.54) is 6.08 Å². The molecule has 4 rings (SSSR count). The standard InChI is InChI=1S/C24H25N3O3S/c1-24(14-15-31(29,30)18-24)25-22(28)13-12-21-17-27(16-19-8-4-2-5-9-19)26-23(21)20-10-6-3-7-11-20/h2-13,17H,14-16,18H2,1H3,(H,25,28)/b13-12+. The SMILES string of the molecule is CC1(NC(=O)/C=C/c2cn(Cc3ccccc3)nc2-c2ccccc2)CCS(=O)(=O)C1. The molecule has 3 aromatic rings. The number of nitrogens with one attached hydrogen (secondary N) is 1. The molecule has 0 spiro atoms. The zero-order valence-corrected chi connectivity index (χ0v) is 18.2. The lowest BCUT2D eigenvalue weighted by molar-refractivity contribution is -0.117. The smallest absolute Gasteiger partial charge is 0.244 e. The fourth-order valence-corrected chi connectivity index (χ4v) is 5.94. The van der Waals surface area contributed by atoms with E-state index in [0.29, 0.717) is 13.0 Å². The minimum Gasteiger partial charge on any atom is -0.346 e. The summed E-state index contributed by atoms with van der Waals surface area (Å²) < 4.78 is 25.4. The number of amides is 1. The summed E-state index contributed by atoms with van der Waals surface area (Å²) in [5, 5.41) is 7.60. The Bertz CT molecular complexity index is 1200. The van der Waals surface area contributed by atoms with Crippen LogP contribution in [0.5, 0.6) is 0 Å². The largest absolute Gasteiger partial charge is 0.346 e. The molecular weight excluding hydrogens is 410 g/mol. The predicted octanol–water partition coefficient (Wildman–Crippen LogP) is 3.31. The Morgan fingerprint density at radius 1 is 1.13 bits per heavy atom. The van der Waals surface area contributed by atoms with Crippen LogP contribution in [0.25, 0.3) is 17.3 Å². The first-order valence-corrected chi connectivity index (χ1v) is 12.0. The maximum Gasteiger partial charge on any atom is 0.244 e. The van der Waals surface area contributed by atoms with Crippen LogP contribution in [-0.4, -0.2) is 41.2 Å². The molecule has 7 heteroatoms. The zero-order valence-electron chi connectivity index (χ0n) is 17.4. The van der Waals surface area contributed by atoms with Crippen molar-refractivity contribution >= 4 is 21.8 Å². The Labute approximate surface area is 182 Å². The number of carbonyl (C=O) groups is 1. The molecule has 0 radical (unpaired) electrons. The highest BCUT2D eigenvalue weighted by Crippen LogP contribution is 2.25. The number of hydrogen-bond acceptors (Lipinski definition) is 4. The summed E-state index contributed by atoms with van der Waals surface area (Å²) in [5.41, 5.74) is 2.98. The molecular formula is C24H25N3O3S. The highest BCUT2D eigenvalue weighted by atomic mass is 32.2. The topological polar surface area (TPSA) is 81.1 Å². The Hall–Kier alpha value is -3.19. The zero-order chi connectivity index (χ0) is 21.9. The number of nitrogens with zero attached hydrogens (tertiary/aromatic N) is 2. The van der Waals surface area contributed by atoms with E-state index in [1.807, 2.05) is 71.5 Å². The van der Waals surface area contributed by atoms with Gasteiger partial charge in [-0.3, -0.25) is 9.48 Å². The number of benzene rings is 2. The van der Waals surface area contributed by atoms with E-state index < -0.39 is 15.4 Å². The van der Waals surface area contributed by atoms with Gasteiger partial charge in [-0.25, -0.2) is 8.42 Å². The molecule has 1 unspecified atom stereocenters. The second-order valence-electron chi connectivity index (χ2n) is 8.21. The highest BCUT2D eigenvalue weighted by Gasteiger charge is 2.39. The summed E-state index contributed by atoms with van der Waals surface area (Å²) in [4.78, 5) is 12.5. The van der Waals surface area contributed by atoms with Gasteiger partial charge in [0.1, 0.15) is 0 Å². The summed E-state index contributed by atoms with van der Waals surface area (Å²) in [7, 11) is -3.09. The second-order valence-corrected chi connectivity index (χ2v) is 10.4. The Morgan fingerprint density at radius 2 is 1.81 bits per heavy atom. The van der Waals surface area contributed by atoms with E-state index >= 15 is 0 Å². The van der Waals surface area contributed by atoms with E-state index in [-0.39, 0.29) is 17.4 Å². The van der Waals surface area contributed by atoms with Crippen LogP contribution >= 0.6 is 0 Å². The summed E-state index contributed by atoms with van der Waals surface area (Å²) in [5.74, 6) is -0.226. The molecule has 6 nitrogen and oxygen atoms in total. The van der Waals surface area contributed by atoms with Gasteiger partial charge in [0.2, 0.25) is 5.91 Å². The van der Waals surface area contributed by atoms with Gasteiger partial charge in [-0.1, -0.05) is 60.7 Å². The predicted molar refractivity (Wildman–Crippen MR) is 122 cm³/mol. The van der Waals surface area contributed by atoms with Gasteiger partial charge in [0.15, 0.2) is 9.84 Å². The maximum atomic E-state index is 12.5. The minimum absolute atomic E-state index is 0.0240. The molecule has 1 aliphatic heterocycles. The van der Waals surface area contributed by atoms with Gasteiger partial charge >= 0.3 is 0 Å². The van der Waals surface area contributed by atoms with E-state index in [0.717, 1.165) is 22.4 Å². The number of carbonyl (C=O) groups excluding carboxylic acids is 1. The third kappa shape index (κ3) is 5.30. The van der Waals surface area contributed by atoms with Gasteiger partial charge in [-0.2, -0.15) is 5.10 Å². The molecule has 0 aliphatic carbocycles. The fraction of sp³-hybridized carbons (Fsp3) is 0.250. The average Bonchev–Trinajstić information content (AvgIpc) is 3.27. The van der Waals surface area contributed by atoms with E-state index in [2.05, 4.69) is 5.32 Å². The molecule has 1 N–H and O–H groups in total. The van der Waals surface area contributed by atoms with Gasteiger partial charge < -0.3 is 5.32 Å². The number of aromatic nitrogens is 2. The normalized spacial score (nSPS) is 20.2. The molecule has 0 saturated carbocycles. The van der Waals surface area contributed by atoms with Crippen molar-refractivity contribution in [2.75, 3.05) is 11.5 Å². The molecule has 1 atom stereocenters. The van der Waals surface area contributed by atoms with Crippen molar-refractivity contribution < 1.29 is 13.2 Å². The van der Waals surface area contributed by atoms with Crippen molar-refractivity contribution in [3.8, 4) is 11.3 Å². The molecule has 1 amide bonds. The van der Waals surface area contributed by atoms with Crippen LogP contribution in [0.3, 0.4) is 0 Å². The quantitative estimate of drug-likeness (QED) is 0.603. The van der Waals surface area contributed by atoms with Crippen LogP contribution < -0.4 is 5.32 Å². The average molecular weight is 436 g/mol. The van der Waals surface area contributed by atoms with E-state index in [9.17, 15) is 13.2 Å². The third-order valence-electron chi connectivity index (χ3n) is 5.37. The van der Waals surface area contributed by atoms with Crippen LogP contribution in [0.15, 0.2) is 72.9 Å². The molecule has 2 aromatic carbocycles. The van der Waals surface area contributed by atoms with Crippen molar-refractivity contribution in [1.29, 1.82) is 0 Å². The second kappa shape index (κ2) is 8.51. The molecule has 1 fully saturated rings. The minimum atomic E-state index is -3.09. The summed E-state index contributed by atoms with van der Waals surface area (Å²) in [6.45, 7) is 2.40. The number of sulfone groups is 1. The summed E-state index contributed by atoms with van der Waals surface area (Å²) in [6.07, 6.45) is 5.53. The summed E-state index contributed by atoms with van der Waals surface area (Å²) in [6, 6.07) is 19.9. The van der Waals surface area contributed by atoms with Gasteiger partial charge in [0.25, 0.3) is 0 Å². The number of rotatable bonds is 6. The maximum absolute atomic E-state index is 12.5. The van der Waals surface area contributed by atoms with Crippen molar-refractivity contribution in [3.63, 3.8) is 0 Å². The van der Waals surface area contributed by atoms with Gasteiger partial charge in [0, 0.05) is 23.4 Å². The van der Waals surface area contributed by atoms with E-state index in [4.69, 9.17) is 5.10 Å². The fourth-order valence-electron chi connectivity index (χ4n) is 3.84. The lowest BCUT2D eigenvalue weighted by Crippen LogP contribution is -2.46. The van der Waals surface area contributed by atoms with Crippen molar-refractivity contribution in [2.45, 2.75) is 25.4 Å². The Balaban J connectivity index is 1.57.